The Morgan fingerprint density at radius 3 is 2.52 bits per heavy atom. The van der Waals surface area contributed by atoms with Crippen LogP contribution in [0, 0.1) is 0 Å². The van der Waals surface area contributed by atoms with Crippen molar-refractivity contribution in [1.29, 1.82) is 0 Å². The van der Waals surface area contributed by atoms with Crippen molar-refractivity contribution in [2.24, 2.45) is 0 Å². The van der Waals surface area contributed by atoms with Crippen molar-refractivity contribution in [2.75, 3.05) is 14.2 Å². The summed E-state index contributed by atoms with van der Waals surface area (Å²) < 4.78 is 10.4. The Morgan fingerprint density at radius 2 is 1.86 bits per heavy atom. The molecule has 1 amide bonds. The SMILES string of the molecule is COc1ccc(/C=C/C(=O)NC2CCCCC2)cc1OC. The molecule has 2 rings (SSSR count). The van der Waals surface area contributed by atoms with Crippen LogP contribution in [0.1, 0.15) is 37.7 Å². The summed E-state index contributed by atoms with van der Waals surface area (Å²) in [5.74, 6) is 1.31. The van der Waals surface area contributed by atoms with Gasteiger partial charge in [-0.25, -0.2) is 0 Å². The molecule has 1 saturated carbocycles. The number of carbonyl (C=O) groups excluding carboxylic acids is 1. The summed E-state index contributed by atoms with van der Waals surface area (Å²) >= 11 is 0. The van der Waals surface area contributed by atoms with Crippen molar-refractivity contribution >= 4 is 12.0 Å². The first-order chi connectivity index (χ1) is 10.2. The van der Waals surface area contributed by atoms with Gasteiger partial charge in [-0.05, 0) is 36.6 Å². The van der Waals surface area contributed by atoms with E-state index in [4.69, 9.17) is 9.47 Å². The lowest BCUT2D eigenvalue weighted by molar-refractivity contribution is -0.117. The molecule has 1 aromatic carbocycles. The van der Waals surface area contributed by atoms with E-state index >= 15 is 0 Å². The number of ether oxygens (including phenoxy) is 2. The molecule has 0 bridgehead atoms. The molecule has 0 spiro atoms. The van der Waals surface area contributed by atoms with Gasteiger partial charge in [-0.1, -0.05) is 25.3 Å². The molecule has 4 heteroatoms. The topological polar surface area (TPSA) is 47.6 Å². The molecule has 0 heterocycles. The van der Waals surface area contributed by atoms with Crippen LogP contribution in [0.4, 0.5) is 0 Å². The van der Waals surface area contributed by atoms with Gasteiger partial charge in [0.15, 0.2) is 11.5 Å². The van der Waals surface area contributed by atoms with Gasteiger partial charge < -0.3 is 14.8 Å². The van der Waals surface area contributed by atoms with Crippen LogP contribution in [-0.4, -0.2) is 26.2 Å². The number of benzene rings is 1. The van der Waals surface area contributed by atoms with Gasteiger partial charge in [-0.2, -0.15) is 0 Å². The molecule has 1 N–H and O–H groups in total. The quantitative estimate of drug-likeness (QED) is 0.847. The largest absolute Gasteiger partial charge is 0.493 e. The van der Waals surface area contributed by atoms with Crippen molar-refractivity contribution < 1.29 is 14.3 Å². The average Bonchev–Trinajstić information content (AvgIpc) is 2.53. The average molecular weight is 289 g/mol. The molecule has 1 aliphatic rings. The Kier molecular flexibility index (Phi) is 5.67. The monoisotopic (exact) mass is 289 g/mol. The van der Waals surface area contributed by atoms with Gasteiger partial charge in [-0.15, -0.1) is 0 Å². The first kappa shape index (κ1) is 15.4. The van der Waals surface area contributed by atoms with Gasteiger partial charge in [0, 0.05) is 12.1 Å². The van der Waals surface area contributed by atoms with E-state index < -0.39 is 0 Å². The normalized spacial score (nSPS) is 15.9. The molecule has 1 aromatic rings. The predicted molar refractivity (Wildman–Crippen MR) is 83.6 cm³/mol. The number of hydrogen-bond donors (Lipinski definition) is 1. The fraction of sp³-hybridized carbons (Fsp3) is 0.471. The van der Waals surface area contributed by atoms with E-state index in [1.54, 1.807) is 26.4 Å². The number of rotatable bonds is 5. The highest BCUT2D eigenvalue weighted by molar-refractivity contribution is 5.92. The van der Waals surface area contributed by atoms with Gasteiger partial charge in [0.05, 0.1) is 14.2 Å². The number of amides is 1. The lowest BCUT2D eigenvalue weighted by atomic mass is 9.95. The maximum atomic E-state index is 11.9. The molecule has 0 atom stereocenters. The van der Waals surface area contributed by atoms with E-state index in [0.717, 1.165) is 18.4 Å². The standard InChI is InChI=1S/C17H23NO3/c1-20-15-10-8-13(12-16(15)21-2)9-11-17(19)18-14-6-4-3-5-7-14/h8-12,14H,3-7H2,1-2H3,(H,18,19)/b11-9+. The Labute approximate surface area is 126 Å². The molecule has 0 aliphatic heterocycles. The maximum absolute atomic E-state index is 11.9. The van der Waals surface area contributed by atoms with Crippen LogP contribution >= 0.6 is 0 Å². The molecular weight excluding hydrogens is 266 g/mol. The number of carbonyl (C=O) groups is 1. The zero-order valence-electron chi connectivity index (χ0n) is 12.7. The van der Waals surface area contributed by atoms with E-state index in [2.05, 4.69) is 5.32 Å². The fourth-order valence-corrected chi connectivity index (χ4v) is 2.62. The maximum Gasteiger partial charge on any atom is 0.244 e. The highest BCUT2D eigenvalue weighted by Crippen LogP contribution is 2.27. The molecule has 1 aliphatic carbocycles. The van der Waals surface area contributed by atoms with E-state index in [1.165, 1.54) is 19.3 Å². The number of methoxy groups -OCH3 is 2. The lowest BCUT2D eigenvalue weighted by Gasteiger charge is -2.21. The fourth-order valence-electron chi connectivity index (χ4n) is 2.62. The summed E-state index contributed by atoms with van der Waals surface area (Å²) in [7, 11) is 3.20. The van der Waals surface area contributed by atoms with Crippen molar-refractivity contribution in [3.63, 3.8) is 0 Å². The molecule has 1 fully saturated rings. The molecule has 0 unspecified atom stereocenters. The van der Waals surface area contributed by atoms with Crippen LogP contribution in [0.5, 0.6) is 11.5 Å². The smallest absolute Gasteiger partial charge is 0.244 e. The van der Waals surface area contributed by atoms with E-state index in [9.17, 15) is 4.79 Å². The van der Waals surface area contributed by atoms with Crippen LogP contribution in [-0.2, 0) is 4.79 Å². The third-order valence-corrected chi connectivity index (χ3v) is 3.79. The molecule has 0 saturated heterocycles. The molecule has 4 nitrogen and oxygen atoms in total. The van der Waals surface area contributed by atoms with E-state index in [-0.39, 0.29) is 5.91 Å². The number of hydrogen-bond acceptors (Lipinski definition) is 3. The summed E-state index contributed by atoms with van der Waals surface area (Å²) in [5, 5.41) is 3.06. The summed E-state index contributed by atoms with van der Waals surface area (Å²) in [6, 6.07) is 5.91. The second-order valence-electron chi connectivity index (χ2n) is 5.29. The van der Waals surface area contributed by atoms with Crippen molar-refractivity contribution in [3.05, 3.63) is 29.8 Å². The van der Waals surface area contributed by atoms with Crippen LogP contribution in [0.2, 0.25) is 0 Å². The van der Waals surface area contributed by atoms with Crippen LogP contribution in [0.3, 0.4) is 0 Å². The van der Waals surface area contributed by atoms with E-state index in [0.29, 0.717) is 17.5 Å². The third-order valence-electron chi connectivity index (χ3n) is 3.79. The summed E-state index contributed by atoms with van der Waals surface area (Å²) in [5.41, 5.74) is 0.909. The predicted octanol–water partition coefficient (Wildman–Crippen LogP) is 3.17. The molecule has 114 valence electrons. The van der Waals surface area contributed by atoms with Gasteiger partial charge in [0.25, 0.3) is 0 Å². The Morgan fingerprint density at radius 1 is 1.14 bits per heavy atom. The molecule has 0 aromatic heterocycles. The Bertz CT molecular complexity index is 505. The highest BCUT2D eigenvalue weighted by Gasteiger charge is 2.14. The first-order valence-corrected chi connectivity index (χ1v) is 7.43. The van der Waals surface area contributed by atoms with Crippen LogP contribution in [0.15, 0.2) is 24.3 Å². The Balaban J connectivity index is 1.94. The molecular formula is C17H23NO3. The Hall–Kier alpha value is -1.97. The minimum absolute atomic E-state index is 0.0308. The van der Waals surface area contributed by atoms with Crippen molar-refractivity contribution in [1.82, 2.24) is 5.32 Å². The van der Waals surface area contributed by atoms with E-state index in [1.807, 2.05) is 18.2 Å². The van der Waals surface area contributed by atoms with Gasteiger partial charge in [-0.3, -0.25) is 4.79 Å². The summed E-state index contributed by atoms with van der Waals surface area (Å²) in [6.45, 7) is 0. The van der Waals surface area contributed by atoms with Crippen molar-refractivity contribution in [3.8, 4) is 11.5 Å². The van der Waals surface area contributed by atoms with Gasteiger partial charge >= 0.3 is 0 Å². The first-order valence-electron chi connectivity index (χ1n) is 7.43. The van der Waals surface area contributed by atoms with Crippen molar-refractivity contribution in [2.45, 2.75) is 38.1 Å². The lowest BCUT2D eigenvalue weighted by Crippen LogP contribution is -2.34. The van der Waals surface area contributed by atoms with Gasteiger partial charge in [0.1, 0.15) is 0 Å². The minimum atomic E-state index is -0.0308. The number of nitrogens with one attached hydrogen (secondary N) is 1. The highest BCUT2D eigenvalue weighted by atomic mass is 16.5. The molecule has 21 heavy (non-hydrogen) atoms. The minimum Gasteiger partial charge on any atom is -0.493 e. The third kappa shape index (κ3) is 4.52. The van der Waals surface area contributed by atoms with Crippen LogP contribution in [0.25, 0.3) is 6.08 Å². The second kappa shape index (κ2) is 7.72. The summed E-state index contributed by atoms with van der Waals surface area (Å²) in [6.07, 6.45) is 9.27. The van der Waals surface area contributed by atoms with Gasteiger partial charge in [0.2, 0.25) is 5.91 Å². The zero-order valence-corrected chi connectivity index (χ0v) is 12.7. The molecule has 0 radical (unpaired) electrons. The van der Waals surface area contributed by atoms with Crippen LogP contribution < -0.4 is 14.8 Å². The zero-order chi connectivity index (χ0) is 15.1. The second-order valence-corrected chi connectivity index (χ2v) is 5.29. The summed E-state index contributed by atoms with van der Waals surface area (Å²) in [4.78, 5) is 11.9.